The van der Waals surface area contributed by atoms with E-state index in [-0.39, 0.29) is 6.04 Å². The summed E-state index contributed by atoms with van der Waals surface area (Å²) in [5.41, 5.74) is 2.51. The third-order valence-corrected chi connectivity index (χ3v) is 4.51. The normalized spacial score (nSPS) is 16.8. The van der Waals surface area contributed by atoms with Crippen molar-refractivity contribution in [1.82, 2.24) is 14.8 Å². The molecule has 0 spiro atoms. The highest BCUT2D eigenvalue weighted by atomic mass is 32.1. The van der Waals surface area contributed by atoms with Gasteiger partial charge in [-0.1, -0.05) is 12.1 Å². The summed E-state index contributed by atoms with van der Waals surface area (Å²) in [6.45, 7) is 7.46. The predicted octanol–water partition coefficient (Wildman–Crippen LogP) is 3.19. The number of nitrogens with zero attached hydrogens (tertiary/aromatic N) is 2. The second-order valence-electron chi connectivity index (χ2n) is 5.56. The molecule has 0 bridgehead atoms. The van der Waals surface area contributed by atoms with Crippen LogP contribution in [0.3, 0.4) is 0 Å². The van der Waals surface area contributed by atoms with E-state index in [0.717, 1.165) is 30.5 Å². The molecule has 0 fully saturated rings. The second-order valence-corrected chi connectivity index (χ2v) is 5.95. The van der Waals surface area contributed by atoms with Crippen LogP contribution in [0.15, 0.2) is 42.6 Å². The molecule has 0 saturated heterocycles. The van der Waals surface area contributed by atoms with E-state index in [4.69, 9.17) is 17.0 Å². The number of ether oxygens (including phenoxy) is 1. The fourth-order valence-corrected chi connectivity index (χ4v) is 3.46. The molecule has 1 aliphatic rings. The van der Waals surface area contributed by atoms with Gasteiger partial charge in [0.15, 0.2) is 5.11 Å². The number of benzene rings is 1. The number of hydrogen-bond donors (Lipinski definition) is 1. The van der Waals surface area contributed by atoms with Crippen LogP contribution in [0, 0.1) is 0 Å². The summed E-state index contributed by atoms with van der Waals surface area (Å²) >= 11 is 5.60. The minimum atomic E-state index is 0.140. The summed E-state index contributed by atoms with van der Waals surface area (Å²) in [7, 11) is 0. The number of fused-ring (bicyclic) bond motifs is 1. The van der Waals surface area contributed by atoms with E-state index in [1.165, 1.54) is 11.3 Å². The van der Waals surface area contributed by atoms with Crippen molar-refractivity contribution in [3.8, 4) is 5.75 Å². The first-order valence-corrected chi connectivity index (χ1v) is 8.57. The largest absolute Gasteiger partial charge is 0.494 e. The molecule has 3 rings (SSSR count). The van der Waals surface area contributed by atoms with Crippen molar-refractivity contribution in [2.24, 2.45) is 0 Å². The van der Waals surface area contributed by atoms with E-state index in [1.54, 1.807) is 0 Å². The first kappa shape index (κ1) is 15.9. The lowest BCUT2D eigenvalue weighted by Gasteiger charge is -2.39. The fraction of sp³-hybridized carbons (Fsp3) is 0.389. The van der Waals surface area contributed by atoms with Crippen molar-refractivity contribution in [3.05, 3.63) is 53.9 Å². The van der Waals surface area contributed by atoms with Gasteiger partial charge in [0.05, 0.1) is 12.6 Å². The lowest BCUT2D eigenvalue weighted by Crippen LogP contribution is -2.47. The summed E-state index contributed by atoms with van der Waals surface area (Å²) in [6.07, 6.45) is 2.14. The number of thiocarbonyl (C=S) groups is 1. The van der Waals surface area contributed by atoms with Crippen LogP contribution in [-0.4, -0.2) is 34.3 Å². The molecule has 1 atom stereocenters. The van der Waals surface area contributed by atoms with Gasteiger partial charge in [0.1, 0.15) is 5.75 Å². The minimum absolute atomic E-state index is 0.140. The van der Waals surface area contributed by atoms with Crippen molar-refractivity contribution >= 4 is 17.3 Å². The molecular formula is C18H23N3OS. The maximum Gasteiger partial charge on any atom is 0.169 e. The lowest BCUT2D eigenvalue weighted by molar-refractivity contribution is 0.286. The molecule has 0 saturated carbocycles. The summed E-state index contributed by atoms with van der Waals surface area (Å²) in [5.74, 6) is 0.906. The highest BCUT2D eigenvalue weighted by Gasteiger charge is 2.30. The molecule has 1 aliphatic heterocycles. The molecule has 0 aliphatic carbocycles. The van der Waals surface area contributed by atoms with Crippen LogP contribution in [0.1, 0.15) is 31.1 Å². The van der Waals surface area contributed by atoms with Crippen LogP contribution in [0.4, 0.5) is 0 Å². The molecule has 0 unspecified atom stereocenters. The third-order valence-electron chi connectivity index (χ3n) is 4.13. The highest BCUT2D eigenvalue weighted by molar-refractivity contribution is 7.80. The van der Waals surface area contributed by atoms with Crippen LogP contribution in [0.2, 0.25) is 0 Å². The van der Waals surface area contributed by atoms with E-state index in [2.05, 4.69) is 52.2 Å². The SMILES string of the molecule is CCNC(=S)N1CCn2cccc2[C@H]1c1ccc(OCC)cc1. The molecule has 23 heavy (non-hydrogen) atoms. The van der Waals surface area contributed by atoms with E-state index in [1.807, 2.05) is 19.1 Å². The Bertz CT molecular complexity index is 665. The van der Waals surface area contributed by atoms with E-state index < -0.39 is 0 Å². The highest BCUT2D eigenvalue weighted by Crippen LogP contribution is 2.33. The van der Waals surface area contributed by atoms with Gasteiger partial charge in [-0.05, 0) is 55.9 Å². The van der Waals surface area contributed by atoms with Gasteiger partial charge in [0, 0.05) is 31.5 Å². The predicted molar refractivity (Wildman–Crippen MR) is 96.9 cm³/mol. The minimum Gasteiger partial charge on any atom is -0.494 e. The maximum atomic E-state index is 5.60. The molecule has 1 aromatic heterocycles. The van der Waals surface area contributed by atoms with Gasteiger partial charge in [-0.25, -0.2) is 0 Å². The van der Waals surface area contributed by atoms with Crippen molar-refractivity contribution in [2.45, 2.75) is 26.4 Å². The van der Waals surface area contributed by atoms with Crippen LogP contribution in [-0.2, 0) is 6.54 Å². The molecule has 5 heteroatoms. The Kier molecular flexibility index (Phi) is 4.86. The van der Waals surface area contributed by atoms with Gasteiger partial charge in [-0.3, -0.25) is 0 Å². The zero-order chi connectivity index (χ0) is 16.2. The van der Waals surface area contributed by atoms with Crippen molar-refractivity contribution in [3.63, 3.8) is 0 Å². The lowest BCUT2D eigenvalue weighted by atomic mass is 10.00. The molecule has 1 N–H and O–H groups in total. The number of nitrogens with one attached hydrogen (secondary N) is 1. The molecule has 0 amide bonds. The number of aromatic nitrogens is 1. The molecule has 122 valence electrons. The van der Waals surface area contributed by atoms with Gasteiger partial charge in [-0.15, -0.1) is 0 Å². The van der Waals surface area contributed by atoms with Gasteiger partial charge < -0.3 is 19.5 Å². The number of rotatable bonds is 4. The van der Waals surface area contributed by atoms with E-state index >= 15 is 0 Å². The Labute approximate surface area is 143 Å². The van der Waals surface area contributed by atoms with Crippen LogP contribution in [0.5, 0.6) is 5.75 Å². The van der Waals surface area contributed by atoms with Crippen LogP contribution >= 0.6 is 12.2 Å². The Hall–Kier alpha value is -2.01. The third kappa shape index (κ3) is 3.20. The van der Waals surface area contributed by atoms with Crippen LogP contribution < -0.4 is 10.1 Å². The molecule has 2 aromatic rings. The second kappa shape index (κ2) is 7.04. The smallest absolute Gasteiger partial charge is 0.169 e. The van der Waals surface area contributed by atoms with Gasteiger partial charge in [-0.2, -0.15) is 0 Å². The molecule has 0 radical (unpaired) electrons. The summed E-state index contributed by atoms with van der Waals surface area (Å²) in [6, 6.07) is 12.8. The van der Waals surface area contributed by atoms with E-state index in [9.17, 15) is 0 Å². The summed E-state index contributed by atoms with van der Waals surface area (Å²) in [5, 5.41) is 4.11. The first-order chi connectivity index (χ1) is 11.2. The van der Waals surface area contributed by atoms with Crippen molar-refractivity contribution in [1.29, 1.82) is 0 Å². The van der Waals surface area contributed by atoms with Gasteiger partial charge in [0.25, 0.3) is 0 Å². The Morgan fingerprint density at radius 1 is 1.22 bits per heavy atom. The summed E-state index contributed by atoms with van der Waals surface area (Å²) in [4.78, 5) is 2.28. The molecular weight excluding hydrogens is 306 g/mol. The Morgan fingerprint density at radius 2 is 2.00 bits per heavy atom. The number of hydrogen-bond acceptors (Lipinski definition) is 2. The standard InChI is InChI=1S/C18H23N3OS/c1-3-19-18(23)21-13-12-20-11-5-6-16(20)17(21)14-7-9-15(10-8-14)22-4-2/h5-11,17H,3-4,12-13H2,1-2H3,(H,19,23)/t17-/m1/s1. The Balaban J connectivity index is 1.95. The topological polar surface area (TPSA) is 29.4 Å². The van der Waals surface area contributed by atoms with Crippen LogP contribution in [0.25, 0.3) is 0 Å². The fourth-order valence-electron chi connectivity index (χ4n) is 3.12. The van der Waals surface area contributed by atoms with Gasteiger partial charge >= 0.3 is 0 Å². The monoisotopic (exact) mass is 329 g/mol. The molecule has 1 aromatic carbocycles. The van der Waals surface area contributed by atoms with Crippen molar-refractivity contribution < 1.29 is 4.74 Å². The van der Waals surface area contributed by atoms with Gasteiger partial charge in [0.2, 0.25) is 0 Å². The summed E-state index contributed by atoms with van der Waals surface area (Å²) < 4.78 is 7.87. The van der Waals surface area contributed by atoms with E-state index in [0.29, 0.717) is 6.61 Å². The molecule has 4 nitrogen and oxygen atoms in total. The maximum absolute atomic E-state index is 5.60. The van der Waals surface area contributed by atoms with Crippen molar-refractivity contribution in [2.75, 3.05) is 19.7 Å². The first-order valence-electron chi connectivity index (χ1n) is 8.16. The Morgan fingerprint density at radius 3 is 2.70 bits per heavy atom. The molecule has 2 heterocycles. The average molecular weight is 329 g/mol. The zero-order valence-electron chi connectivity index (χ0n) is 13.7. The average Bonchev–Trinajstić information content (AvgIpc) is 3.04. The zero-order valence-corrected chi connectivity index (χ0v) is 14.5. The quantitative estimate of drug-likeness (QED) is 0.873.